The third kappa shape index (κ3) is 6.41. The SMILES string of the molecule is CC(/C=C/[C@@H]1CCCC[C@H]1O[Si](C)(C)C)[Si](C)(C)C. The molecule has 0 aromatic rings. The van der Waals surface area contributed by atoms with E-state index in [1.54, 1.807) is 0 Å². The second-order valence-corrected chi connectivity index (χ2v) is 18.4. The Morgan fingerprint density at radius 1 is 1.00 bits per heavy atom. The zero-order valence-electron chi connectivity index (χ0n) is 14.1. The van der Waals surface area contributed by atoms with Crippen molar-refractivity contribution in [3.8, 4) is 0 Å². The van der Waals surface area contributed by atoms with Crippen molar-refractivity contribution in [1.29, 1.82) is 0 Å². The summed E-state index contributed by atoms with van der Waals surface area (Å²) in [4.78, 5) is 0. The highest BCUT2D eigenvalue weighted by Crippen LogP contribution is 2.31. The van der Waals surface area contributed by atoms with Crippen molar-refractivity contribution >= 4 is 16.4 Å². The first-order chi connectivity index (χ1) is 8.59. The Balaban J connectivity index is 2.65. The van der Waals surface area contributed by atoms with Crippen LogP contribution in [0.4, 0.5) is 0 Å². The van der Waals surface area contributed by atoms with Crippen LogP contribution in [0.2, 0.25) is 44.8 Å². The maximum atomic E-state index is 6.41. The van der Waals surface area contributed by atoms with E-state index in [0.29, 0.717) is 12.0 Å². The molecule has 1 unspecified atom stereocenters. The number of rotatable bonds is 5. The molecule has 1 fully saturated rings. The third-order valence-electron chi connectivity index (χ3n) is 4.27. The lowest BCUT2D eigenvalue weighted by Crippen LogP contribution is -2.37. The Bertz CT molecular complexity index is 299. The van der Waals surface area contributed by atoms with Gasteiger partial charge in [-0.15, -0.1) is 0 Å². The quantitative estimate of drug-likeness (QED) is 0.468. The summed E-state index contributed by atoms with van der Waals surface area (Å²) in [6.07, 6.45) is 10.8. The van der Waals surface area contributed by atoms with Crippen LogP contribution in [0.5, 0.6) is 0 Å². The molecule has 1 nitrogen and oxygen atoms in total. The number of hydrogen-bond acceptors (Lipinski definition) is 1. The van der Waals surface area contributed by atoms with E-state index in [9.17, 15) is 0 Å². The molecule has 19 heavy (non-hydrogen) atoms. The topological polar surface area (TPSA) is 9.23 Å². The lowest BCUT2D eigenvalue weighted by atomic mass is 9.86. The van der Waals surface area contributed by atoms with Crippen LogP contribution in [0.3, 0.4) is 0 Å². The maximum Gasteiger partial charge on any atom is 0.184 e. The van der Waals surface area contributed by atoms with Crippen LogP contribution in [0.1, 0.15) is 32.6 Å². The van der Waals surface area contributed by atoms with Gasteiger partial charge in [0.25, 0.3) is 0 Å². The summed E-state index contributed by atoms with van der Waals surface area (Å²) in [5, 5.41) is 0. The van der Waals surface area contributed by atoms with Gasteiger partial charge >= 0.3 is 0 Å². The average Bonchev–Trinajstić information content (AvgIpc) is 2.24. The monoisotopic (exact) mass is 298 g/mol. The minimum atomic E-state index is -1.40. The highest BCUT2D eigenvalue weighted by molar-refractivity contribution is 6.77. The van der Waals surface area contributed by atoms with Crippen LogP contribution in [-0.4, -0.2) is 22.5 Å². The summed E-state index contributed by atoms with van der Waals surface area (Å²) in [6, 6.07) is 0. The van der Waals surface area contributed by atoms with E-state index in [1.807, 2.05) is 0 Å². The molecule has 0 spiro atoms. The van der Waals surface area contributed by atoms with Gasteiger partial charge in [-0.1, -0.05) is 51.6 Å². The van der Waals surface area contributed by atoms with Crippen molar-refractivity contribution < 1.29 is 4.43 Å². The fourth-order valence-electron chi connectivity index (χ4n) is 2.54. The highest BCUT2D eigenvalue weighted by atomic mass is 28.4. The molecule has 3 atom stereocenters. The second kappa shape index (κ2) is 6.73. The van der Waals surface area contributed by atoms with Crippen molar-refractivity contribution in [3.05, 3.63) is 12.2 Å². The lowest BCUT2D eigenvalue weighted by Gasteiger charge is -2.35. The summed E-state index contributed by atoms with van der Waals surface area (Å²) in [7, 11) is -2.44. The lowest BCUT2D eigenvalue weighted by molar-refractivity contribution is 0.110. The smallest absolute Gasteiger partial charge is 0.184 e. The van der Waals surface area contributed by atoms with E-state index < -0.39 is 16.4 Å². The first-order valence-corrected chi connectivity index (χ1v) is 14.9. The van der Waals surface area contributed by atoms with Crippen LogP contribution in [-0.2, 0) is 4.43 Å². The van der Waals surface area contributed by atoms with E-state index in [2.05, 4.69) is 58.4 Å². The Labute approximate surface area is 123 Å². The Hall–Kier alpha value is 0.134. The van der Waals surface area contributed by atoms with Gasteiger partial charge in [0.15, 0.2) is 8.32 Å². The molecule has 1 aliphatic rings. The van der Waals surface area contributed by atoms with Gasteiger partial charge < -0.3 is 4.43 Å². The Kier molecular flexibility index (Phi) is 6.08. The highest BCUT2D eigenvalue weighted by Gasteiger charge is 2.29. The van der Waals surface area contributed by atoms with Crippen molar-refractivity contribution in [2.75, 3.05) is 0 Å². The molecule has 3 heteroatoms. The van der Waals surface area contributed by atoms with Gasteiger partial charge in [-0.3, -0.25) is 0 Å². The average molecular weight is 299 g/mol. The standard InChI is InChI=1S/C16H34OSi2/c1-14(18(2,3)4)12-13-15-10-8-9-11-16(15)17-19(5,6)7/h12-16H,8-11H2,1-7H3/b13-12+/t14?,15-,16+/m0/s1. The van der Waals surface area contributed by atoms with E-state index in [-0.39, 0.29) is 0 Å². The van der Waals surface area contributed by atoms with Gasteiger partial charge in [0, 0.05) is 5.92 Å². The van der Waals surface area contributed by atoms with E-state index >= 15 is 0 Å². The van der Waals surface area contributed by atoms with Gasteiger partial charge in [-0.2, -0.15) is 0 Å². The largest absolute Gasteiger partial charge is 0.414 e. The molecule has 1 rings (SSSR count). The van der Waals surface area contributed by atoms with E-state index in [0.717, 1.165) is 5.54 Å². The molecule has 0 aliphatic heterocycles. The van der Waals surface area contributed by atoms with Crippen LogP contribution in [0.25, 0.3) is 0 Å². The molecular weight excluding hydrogens is 264 g/mol. The van der Waals surface area contributed by atoms with Crippen molar-refractivity contribution in [2.45, 2.75) is 83.5 Å². The van der Waals surface area contributed by atoms with Gasteiger partial charge in [-0.25, -0.2) is 0 Å². The first-order valence-electron chi connectivity index (χ1n) is 7.96. The van der Waals surface area contributed by atoms with Crippen LogP contribution in [0.15, 0.2) is 12.2 Å². The summed E-state index contributed by atoms with van der Waals surface area (Å²) < 4.78 is 6.41. The van der Waals surface area contributed by atoms with Crippen LogP contribution >= 0.6 is 0 Å². The van der Waals surface area contributed by atoms with Crippen molar-refractivity contribution in [2.24, 2.45) is 5.92 Å². The molecule has 1 saturated carbocycles. The Morgan fingerprint density at radius 2 is 1.58 bits per heavy atom. The molecule has 0 heterocycles. The molecule has 0 radical (unpaired) electrons. The molecule has 0 amide bonds. The zero-order valence-corrected chi connectivity index (χ0v) is 16.1. The molecule has 112 valence electrons. The fraction of sp³-hybridized carbons (Fsp3) is 0.875. The fourth-order valence-corrected chi connectivity index (χ4v) is 4.43. The van der Waals surface area contributed by atoms with Gasteiger partial charge in [0.05, 0.1) is 14.2 Å². The van der Waals surface area contributed by atoms with Gasteiger partial charge in [0.2, 0.25) is 0 Å². The predicted octanol–water partition coefficient (Wildman–Crippen LogP) is 5.68. The molecule has 0 saturated heterocycles. The van der Waals surface area contributed by atoms with E-state index in [4.69, 9.17) is 4.43 Å². The van der Waals surface area contributed by atoms with E-state index in [1.165, 1.54) is 25.7 Å². The molecule has 0 bridgehead atoms. The van der Waals surface area contributed by atoms with Crippen molar-refractivity contribution in [3.63, 3.8) is 0 Å². The second-order valence-electron chi connectivity index (χ2n) is 8.26. The first kappa shape index (κ1) is 17.2. The van der Waals surface area contributed by atoms with Gasteiger partial charge in [0.1, 0.15) is 0 Å². The van der Waals surface area contributed by atoms with Crippen molar-refractivity contribution in [1.82, 2.24) is 0 Å². The third-order valence-corrected chi connectivity index (χ3v) is 8.21. The summed E-state index contributed by atoms with van der Waals surface area (Å²) in [5.74, 6) is 0.666. The van der Waals surface area contributed by atoms with Crippen LogP contribution in [0, 0.1) is 5.92 Å². The molecule has 0 aromatic carbocycles. The van der Waals surface area contributed by atoms with Crippen LogP contribution < -0.4 is 0 Å². The molecular formula is C16H34OSi2. The summed E-state index contributed by atoms with van der Waals surface area (Å²) >= 11 is 0. The normalized spacial score (nSPS) is 27.7. The molecule has 0 aromatic heterocycles. The Morgan fingerprint density at radius 3 is 2.11 bits per heavy atom. The minimum Gasteiger partial charge on any atom is -0.414 e. The summed E-state index contributed by atoms with van der Waals surface area (Å²) in [6.45, 7) is 16.7. The van der Waals surface area contributed by atoms with Gasteiger partial charge in [-0.05, 0) is 38.0 Å². The predicted molar refractivity (Wildman–Crippen MR) is 92.1 cm³/mol. The zero-order chi connectivity index (χ0) is 14.7. The summed E-state index contributed by atoms with van der Waals surface area (Å²) in [5.41, 5.74) is 0.766. The molecule has 1 aliphatic carbocycles. The number of hydrogen-bond donors (Lipinski definition) is 0. The maximum absolute atomic E-state index is 6.41. The number of allylic oxidation sites excluding steroid dienone is 1. The minimum absolute atomic E-state index is 0.491. The molecule has 0 N–H and O–H groups in total.